The lowest BCUT2D eigenvalue weighted by atomic mass is 10.5. The van der Waals surface area contributed by atoms with E-state index >= 15 is 0 Å². The molecule has 0 atom stereocenters. The second kappa shape index (κ2) is 6.00. The average Bonchev–Trinajstić information content (AvgIpc) is 2.01. The molecule has 0 aromatic rings. The Kier molecular flexibility index (Phi) is 5.72. The fraction of sp³-hybridized carbons (Fsp3) is 0.714. The maximum atomic E-state index is 10.9. The molecule has 0 bridgehead atoms. The van der Waals surface area contributed by atoms with Gasteiger partial charge in [0.05, 0.1) is 5.75 Å². The normalized spacial score (nSPS) is 11.0. The summed E-state index contributed by atoms with van der Waals surface area (Å²) in [4.78, 5) is 0. The first-order chi connectivity index (χ1) is 5.62. The van der Waals surface area contributed by atoms with Gasteiger partial charge in [-0.2, -0.15) is 8.42 Å². The van der Waals surface area contributed by atoms with Crippen LogP contribution in [0.5, 0.6) is 0 Å². The van der Waals surface area contributed by atoms with Crippen LogP contribution < -0.4 is 0 Å². The molecule has 0 spiro atoms. The molecule has 0 radical (unpaired) electrons. The minimum Gasteiger partial charge on any atom is -0.385 e. The summed E-state index contributed by atoms with van der Waals surface area (Å²) in [6, 6.07) is 0. The lowest BCUT2D eigenvalue weighted by molar-refractivity contribution is 0.198. The molecule has 0 unspecified atom stereocenters. The molecule has 12 heavy (non-hydrogen) atoms. The number of hydrogen-bond acceptors (Lipinski definition) is 4. The quantitative estimate of drug-likeness (QED) is 0.338. The van der Waals surface area contributed by atoms with Crippen molar-refractivity contribution in [2.24, 2.45) is 0 Å². The molecular weight excluding hydrogens is 180 g/mol. The highest BCUT2D eigenvalue weighted by atomic mass is 32.2. The summed E-state index contributed by atoms with van der Waals surface area (Å²) in [5, 5.41) is 0. The molecular formula is C7H12O4S. The van der Waals surface area contributed by atoms with Crippen molar-refractivity contribution >= 4 is 10.1 Å². The highest BCUT2D eigenvalue weighted by Crippen LogP contribution is 1.95. The van der Waals surface area contributed by atoms with Crippen molar-refractivity contribution < 1.29 is 17.3 Å². The number of terminal acetylenes is 1. The Bertz CT molecular complexity index is 237. The van der Waals surface area contributed by atoms with Crippen LogP contribution in [0.2, 0.25) is 0 Å². The predicted molar refractivity (Wildman–Crippen MR) is 45.1 cm³/mol. The molecule has 0 rings (SSSR count). The van der Waals surface area contributed by atoms with Crippen LogP contribution in [-0.2, 0) is 19.0 Å². The van der Waals surface area contributed by atoms with Gasteiger partial charge < -0.3 is 4.74 Å². The lowest BCUT2D eigenvalue weighted by Crippen LogP contribution is -2.12. The molecule has 0 N–H and O–H groups in total. The molecule has 70 valence electrons. The Morgan fingerprint density at radius 2 is 2.17 bits per heavy atom. The van der Waals surface area contributed by atoms with Crippen LogP contribution in [-0.4, -0.2) is 34.5 Å². The lowest BCUT2D eigenvalue weighted by Gasteiger charge is -2.01. The van der Waals surface area contributed by atoms with E-state index in [-0.39, 0.29) is 12.4 Å². The first-order valence-electron chi connectivity index (χ1n) is 3.42. The topological polar surface area (TPSA) is 52.6 Å². The zero-order chi connectivity index (χ0) is 9.45. The van der Waals surface area contributed by atoms with Crippen LogP contribution in [0.15, 0.2) is 0 Å². The number of methoxy groups -OCH3 is 1. The summed E-state index contributed by atoms with van der Waals surface area (Å²) < 4.78 is 30.9. The van der Waals surface area contributed by atoms with Gasteiger partial charge in [0, 0.05) is 13.7 Å². The number of ether oxygens (including phenoxy) is 1. The summed E-state index contributed by atoms with van der Waals surface area (Å²) in [6.07, 6.45) is 5.25. The van der Waals surface area contributed by atoms with Crippen molar-refractivity contribution in [3.63, 3.8) is 0 Å². The number of rotatable bonds is 6. The van der Waals surface area contributed by atoms with Crippen LogP contribution >= 0.6 is 0 Å². The van der Waals surface area contributed by atoms with Gasteiger partial charge in [-0.3, -0.25) is 4.18 Å². The predicted octanol–water partition coefficient (Wildman–Crippen LogP) is 0.00250. The van der Waals surface area contributed by atoms with Gasteiger partial charge in [-0.05, 0) is 6.42 Å². The van der Waals surface area contributed by atoms with Gasteiger partial charge in [-0.1, -0.05) is 5.92 Å². The largest absolute Gasteiger partial charge is 0.385 e. The fourth-order valence-corrected chi connectivity index (χ4v) is 1.40. The Morgan fingerprint density at radius 1 is 1.50 bits per heavy atom. The van der Waals surface area contributed by atoms with Gasteiger partial charge >= 0.3 is 0 Å². The van der Waals surface area contributed by atoms with Gasteiger partial charge in [0.1, 0.15) is 6.61 Å². The van der Waals surface area contributed by atoms with Crippen LogP contribution in [0.3, 0.4) is 0 Å². The van der Waals surface area contributed by atoms with E-state index < -0.39 is 10.1 Å². The van der Waals surface area contributed by atoms with Gasteiger partial charge in [0.15, 0.2) is 0 Å². The van der Waals surface area contributed by atoms with Crippen molar-refractivity contribution in [2.75, 3.05) is 26.1 Å². The Labute approximate surface area is 73.0 Å². The Morgan fingerprint density at radius 3 is 2.67 bits per heavy atom. The molecule has 0 aromatic heterocycles. The summed E-state index contributed by atoms with van der Waals surface area (Å²) in [5.41, 5.74) is 0. The van der Waals surface area contributed by atoms with Crippen LogP contribution in [0.1, 0.15) is 6.42 Å². The van der Waals surface area contributed by atoms with Crippen molar-refractivity contribution in [1.82, 2.24) is 0 Å². The summed E-state index contributed by atoms with van der Waals surface area (Å²) in [6.45, 7) is 0.202. The third-order valence-electron chi connectivity index (χ3n) is 1.06. The average molecular weight is 192 g/mol. The summed E-state index contributed by atoms with van der Waals surface area (Å²) >= 11 is 0. The third-order valence-corrected chi connectivity index (χ3v) is 2.33. The first kappa shape index (κ1) is 11.4. The van der Waals surface area contributed by atoms with Crippen molar-refractivity contribution in [1.29, 1.82) is 0 Å². The van der Waals surface area contributed by atoms with Gasteiger partial charge in [-0.25, -0.2) is 0 Å². The molecule has 0 saturated carbocycles. The first-order valence-corrected chi connectivity index (χ1v) is 4.99. The standard InChI is InChI=1S/C7H12O4S/c1-3-5-11-12(8,9)7-4-6-10-2/h1H,4-7H2,2H3. The SMILES string of the molecule is C#CCOS(=O)(=O)CCCOC. The van der Waals surface area contributed by atoms with E-state index in [0.29, 0.717) is 13.0 Å². The van der Waals surface area contributed by atoms with Crippen molar-refractivity contribution in [3.05, 3.63) is 0 Å². The Hall–Kier alpha value is -0.570. The second-order valence-electron chi connectivity index (χ2n) is 2.07. The zero-order valence-corrected chi connectivity index (χ0v) is 7.76. The van der Waals surface area contributed by atoms with Crippen molar-refractivity contribution in [2.45, 2.75) is 6.42 Å². The van der Waals surface area contributed by atoms with E-state index in [1.807, 2.05) is 0 Å². The maximum absolute atomic E-state index is 10.9. The minimum atomic E-state index is -3.44. The molecule has 4 nitrogen and oxygen atoms in total. The van der Waals surface area contributed by atoms with Gasteiger partial charge in [0.25, 0.3) is 10.1 Å². The fourth-order valence-electron chi connectivity index (χ4n) is 0.563. The molecule has 0 amide bonds. The van der Waals surface area contributed by atoms with E-state index in [2.05, 4.69) is 14.8 Å². The highest BCUT2D eigenvalue weighted by Gasteiger charge is 2.08. The second-order valence-corrected chi connectivity index (χ2v) is 3.83. The summed E-state index contributed by atoms with van der Waals surface area (Å²) in [7, 11) is -1.93. The molecule has 0 heterocycles. The van der Waals surface area contributed by atoms with Crippen LogP contribution in [0.25, 0.3) is 0 Å². The van der Waals surface area contributed by atoms with E-state index in [4.69, 9.17) is 6.42 Å². The van der Waals surface area contributed by atoms with E-state index in [1.54, 1.807) is 0 Å². The van der Waals surface area contributed by atoms with Crippen molar-refractivity contribution in [3.8, 4) is 12.3 Å². The molecule has 0 aromatic carbocycles. The molecule has 0 saturated heterocycles. The van der Waals surface area contributed by atoms with Gasteiger partial charge in [-0.15, -0.1) is 6.42 Å². The van der Waals surface area contributed by atoms with E-state index in [9.17, 15) is 8.42 Å². The number of hydrogen-bond donors (Lipinski definition) is 0. The molecule has 0 aliphatic rings. The molecule has 0 aliphatic heterocycles. The third kappa shape index (κ3) is 6.16. The smallest absolute Gasteiger partial charge is 0.268 e. The minimum absolute atomic E-state index is 0.0531. The maximum Gasteiger partial charge on any atom is 0.268 e. The monoisotopic (exact) mass is 192 g/mol. The van der Waals surface area contributed by atoms with Crippen LogP contribution in [0.4, 0.5) is 0 Å². The molecule has 5 heteroatoms. The van der Waals surface area contributed by atoms with E-state index in [1.165, 1.54) is 7.11 Å². The molecule has 0 aliphatic carbocycles. The molecule has 0 fully saturated rings. The Balaban J connectivity index is 3.67. The highest BCUT2D eigenvalue weighted by molar-refractivity contribution is 7.86. The zero-order valence-electron chi connectivity index (χ0n) is 6.95. The summed E-state index contributed by atoms with van der Waals surface area (Å²) in [5.74, 6) is 2.03. The van der Waals surface area contributed by atoms with E-state index in [0.717, 1.165) is 0 Å². The van der Waals surface area contributed by atoms with Gasteiger partial charge in [0.2, 0.25) is 0 Å². The van der Waals surface area contributed by atoms with Crippen LogP contribution in [0, 0.1) is 12.3 Å².